The Hall–Kier alpha value is -1.89. The van der Waals surface area contributed by atoms with Crippen LogP contribution in [0.3, 0.4) is 0 Å². The van der Waals surface area contributed by atoms with Gasteiger partial charge in [0.15, 0.2) is 5.75 Å². The number of hydrogen-bond acceptors (Lipinski definition) is 3. The second kappa shape index (κ2) is 5.24. The minimum Gasteiger partial charge on any atom is -0.454 e. The number of fused-ring (bicyclic) bond motifs is 1. The van der Waals surface area contributed by atoms with E-state index in [1.807, 2.05) is 46.9 Å². The number of pyridine rings is 1. The van der Waals surface area contributed by atoms with Gasteiger partial charge in [-0.3, -0.25) is 4.98 Å². The van der Waals surface area contributed by atoms with E-state index in [0.717, 1.165) is 10.9 Å². The largest absolute Gasteiger partial charge is 0.454 e. The maximum Gasteiger partial charge on any atom is 0.153 e. The molecule has 0 aliphatic rings. The molecule has 1 heterocycles. The first kappa shape index (κ1) is 13.1. The lowest BCUT2D eigenvalue weighted by atomic mass is 10.2. The van der Waals surface area contributed by atoms with Gasteiger partial charge in [-0.15, -0.1) is 0 Å². The molecule has 0 spiro atoms. The van der Waals surface area contributed by atoms with Crippen LogP contribution in [0.1, 0.15) is 0 Å². The fraction of sp³-hybridized carbons (Fsp3) is 0. The zero-order chi connectivity index (χ0) is 14.1. The summed E-state index contributed by atoms with van der Waals surface area (Å²) < 4.78 is 19.8. The molecular weight excluding hydrogens is 370 g/mol. The van der Waals surface area contributed by atoms with Crippen molar-refractivity contribution in [3.8, 4) is 11.5 Å². The predicted octanol–water partition coefficient (Wildman–Crippen LogP) is 4.35. The summed E-state index contributed by atoms with van der Waals surface area (Å²) in [6, 6.07) is 12.1. The second-order valence-electron chi connectivity index (χ2n) is 4.23. The quantitative estimate of drug-likeness (QED) is 0.531. The van der Waals surface area contributed by atoms with Crippen molar-refractivity contribution in [3.63, 3.8) is 0 Å². The lowest BCUT2D eigenvalue weighted by Crippen LogP contribution is -1.95. The number of rotatable bonds is 2. The van der Waals surface area contributed by atoms with Gasteiger partial charge in [-0.05, 0) is 52.9 Å². The summed E-state index contributed by atoms with van der Waals surface area (Å²) in [5.41, 5.74) is 7.08. The van der Waals surface area contributed by atoms with Gasteiger partial charge in [0.25, 0.3) is 0 Å². The Bertz CT molecular complexity index is 787. The van der Waals surface area contributed by atoms with Crippen molar-refractivity contribution in [2.24, 2.45) is 0 Å². The topological polar surface area (TPSA) is 48.1 Å². The van der Waals surface area contributed by atoms with Crippen LogP contribution in [-0.4, -0.2) is 4.98 Å². The Labute approximate surface area is 128 Å². The molecule has 0 saturated heterocycles. The average Bonchev–Trinajstić information content (AvgIpc) is 2.45. The van der Waals surface area contributed by atoms with Gasteiger partial charge in [-0.1, -0.05) is 6.07 Å². The minimum atomic E-state index is -0.354. The number of nitrogens with two attached hydrogens (primary N) is 1. The molecule has 20 heavy (non-hydrogen) atoms. The smallest absolute Gasteiger partial charge is 0.153 e. The highest BCUT2D eigenvalue weighted by Gasteiger charge is 2.10. The van der Waals surface area contributed by atoms with E-state index in [-0.39, 0.29) is 5.82 Å². The number of ether oxygens (including phenoxy) is 1. The van der Waals surface area contributed by atoms with E-state index in [2.05, 4.69) is 4.98 Å². The summed E-state index contributed by atoms with van der Waals surface area (Å²) >= 11 is 1.89. The molecule has 2 N–H and O–H groups in total. The van der Waals surface area contributed by atoms with Gasteiger partial charge >= 0.3 is 0 Å². The lowest BCUT2D eigenvalue weighted by molar-refractivity contribution is 0.484. The van der Waals surface area contributed by atoms with Gasteiger partial charge in [0, 0.05) is 17.6 Å². The first-order chi connectivity index (χ1) is 9.65. The maximum absolute atomic E-state index is 13.6. The molecule has 0 bridgehead atoms. The molecule has 100 valence electrons. The number of benzene rings is 2. The van der Waals surface area contributed by atoms with E-state index < -0.39 is 0 Å². The normalized spacial score (nSPS) is 10.7. The zero-order valence-corrected chi connectivity index (χ0v) is 12.5. The summed E-state index contributed by atoms with van der Waals surface area (Å²) in [5, 5.41) is 0.855. The predicted molar refractivity (Wildman–Crippen MR) is 85.3 cm³/mol. The third kappa shape index (κ3) is 2.40. The standard InChI is InChI=1S/C15H10FIN2O/c16-10-7-15(12(18)8-11(10)17)20-14-5-1-4-13-9(14)3-2-6-19-13/h1-8H,18H2. The third-order valence-electron chi connectivity index (χ3n) is 2.88. The minimum absolute atomic E-state index is 0.305. The molecule has 0 aliphatic heterocycles. The maximum atomic E-state index is 13.6. The molecule has 1 aromatic heterocycles. The summed E-state index contributed by atoms with van der Waals surface area (Å²) in [4.78, 5) is 4.25. The van der Waals surface area contributed by atoms with Crippen LogP contribution in [0, 0.1) is 9.39 Å². The van der Waals surface area contributed by atoms with E-state index in [9.17, 15) is 4.39 Å². The average molecular weight is 380 g/mol. The summed E-state index contributed by atoms with van der Waals surface area (Å²) in [6.45, 7) is 0. The molecule has 0 radical (unpaired) electrons. The van der Waals surface area contributed by atoms with E-state index in [0.29, 0.717) is 20.8 Å². The van der Waals surface area contributed by atoms with E-state index >= 15 is 0 Å². The Kier molecular flexibility index (Phi) is 3.43. The molecule has 0 aliphatic carbocycles. The van der Waals surface area contributed by atoms with Gasteiger partial charge in [0.05, 0.1) is 14.8 Å². The van der Waals surface area contributed by atoms with Crippen LogP contribution < -0.4 is 10.5 Å². The number of nitrogen functional groups attached to an aromatic ring is 1. The SMILES string of the molecule is Nc1cc(I)c(F)cc1Oc1cccc2ncccc12. The van der Waals surface area contributed by atoms with Crippen LogP contribution in [0.4, 0.5) is 10.1 Å². The van der Waals surface area contributed by atoms with Gasteiger partial charge in [-0.2, -0.15) is 0 Å². The Morgan fingerprint density at radius 3 is 2.80 bits per heavy atom. The fourth-order valence-corrected chi connectivity index (χ4v) is 2.41. The van der Waals surface area contributed by atoms with E-state index in [1.165, 1.54) is 6.07 Å². The molecule has 3 aromatic rings. The molecule has 3 rings (SSSR count). The Balaban J connectivity index is 2.08. The second-order valence-corrected chi connectivity index (χ2v) is 5.39. The van der Waals surface area contributed by atoms with Crippen molar-refractivity contribution < 1.29 is 9.13 Å². The number of halogens is 2. The van der Waals surface area contributed by atoms with Crippen molar-refractivity contribution >= 4 is 39.2 Å². The van der Waals surface area contributed by atoms with Gasteiger partial charge in [-0.25, -0.2) is 4.39 Å². The van der Waals surface area contributed by atoms with E-state index in [1.54, 1.807) is 18.3 Å². The number of anilines is 1. The highest BCUT2D eigenvalue weighted by Crippen LogP contribution is 2.33. The van der Waals surface area contributed by atoms with Crippen LogP contribution in [0.25, 0.3) is 10.9 Å². The Morgan fingerprint density at radius 2 is 1.95 bits per heavy atom. The summed E-state index contributed by atoms with van der Waals surface area (Å²) in [6.07, 6.45) is 1.71. The molecule has 3 nitrogen and oxygen atoms in total. The number of nitrogens with zero attached hydrogens (tertiary/aromatic N) is 1. The molecule has 2 aromatic carbocycles. The first-order valence-corrected chi connectivity index (χ1v) is 6.99. The van der Waals surface area contributed by atoms with Crippen molar-refractivity contribution in [3.05, 3.63) is 58.0 Å². The Morgan fingerprint density at radius 1 is 1.10 bits per heavy atom. The molecule has 5 heteroatoms. The third-order valence-corrected chi connectivity index (χ3v) is 3.70. The van der Waals surface area contributed by atoms with E-state index in [4.69, 9.17) is 10.5 Å². The molecular formula is C15H10FIN2O. The van der Waals surface area contributed by atoms with Crippen LogP contribution >= 0.6 is 22.6 Å². The molecule has 0 fully saturated rings. The number of hydrogen-bond donors (Lipinski definition) is 1. The summed E-state index contributed by atoms with van der Waals surface area (Å²) in [5.74, 6) is 0.551. The van der Waals surface area contributed by atoms with Gasteiger partial charge < -0.3 is 10.5 Å². The monoisotopic (exact) mass is 380 g/mol. The van der Waals surface area contributed by atoms with Gasteiger partial charge in [0.2, 0.25) is 0 Å². The lowest BCUT2D eigenvalue weighted by Gasteiger charge is -2.11. The highest BCUT2D eigenvalue weighted by molar-refractivity contribution is 14.1. The molecule has 0 saturated carbocycles. The fourth-order valence-electron chi connectivity index (χ4n) is 1.91. The van der Waals surface area contributed by atoms with Crippen LogP contribution in [0.2, 0.25) is 0 Å². The zero-order valence-electron chi connectivity index (χ0n) is 10.3. The van der Waals surface area contributed by atoms with Crippen LogP contribution in [0.15, 0.2) is 48.7 Å². The van der Waals surface area contributed by atoms with Crippen molar-refractivity contribution in [2.75, 3.05) is 5.73 Å². The van der Waals surface area contributed by atoms with Crippen molar-refractivity contribution in [1.29, 1.82) is 0 Å². The van der Waals surface area contributed by atoms with Crippen LogP contribution in [0.5, 0.6) is 11.5 Å². The van der Waals surface area contributed by atoms with Crippen molar-refractivity contribution in [2.45, 2.75) is 0 Å². The van der Waals surface area contributed by atoms with Crippen LogP contribution in [-0.2, 0) is 0 Å². The first-order valence-electron chi connectivity index (χ1n) is 5.91. The molecule has 0 unspecified atom stereocenters. The van der Waals surface area contributed by atoms with Crippen molar-refractivity contribution in [1.82, 2.24) is 4.98 Å². The highest BCUT2D eigenvalue weighted by atomic mass is 127. The summed E-state index contributed by atoms with van der Waals surface area (Å²) in [7, 11) is 0. The molecule has 0 atom stereocenters. The van der Waals surface area contributed by atoms with Gasteiger partial charge in [0.1, 0.15) is 11.6 Å². The number of aromatic nitrogens is 1. The molecule has 0 amide bonds.